The predicted molar refractivity (Wildman–Crippen MR) is 89.6 cm³/mol. The van der Waals surface area contributed by atoms with Gasteiger partial charge < -0.3 is 9.42 Å². The fourth-order valence-electron chi connectivity index (χ4n) is 3.01. The van der Waals surface area contributed by atoms with Crippen LogP contribution in [-0.2, 0) is 4.79 Å². The summed E-state index contributed by atoms with van der Waals surface area (Å²) in [4.78, 5) is 25.8. The lowest BCUT2D eigenvalue weighted by molar-refractivity contribution is -0.120. The number of rotatable bonds is 2. The monoisotopic (exact) mass is 320 g/mol. The first-order valence-electron chi connectivity index (χ1n) is 7.98. The molecule has 1 aliphatic heterocycles. The zero-order valence-corrected chi connectivity index (χ0v) is 13.1. The summed E-state index contributed by atoms with van der Waals surface area (Å²) in [6, 6.07) is 15.1. The summed E-state index contributed by atoms with van der Waals surface area (Å²) in [6.45, 7) is 0.982. The van der Waals surface area contributed by atoms with Crippen LogP contribution in [0.1, 0.15) is 23.2 Å². The van der Waals surface area contributed by atoms with Crippen LogP contribution >= 0.6 is 0 Å². The fraction of sp³-hybridized carbons (Fsp3) is 0.211. The molecule has 0 saturated carbocycles. The first-order chi connectivity index (χ1) is 11.7. The Hall–Kier alpha value is -2.95. The van der Waals surface area contributed by atoms with Gasteiger partial charge in [0.1, 0.15) is 11.3 Å². The van der Waals surface area contributed by atoms with Gasteiger partial charge in [-0.3, -0.25) is 9.59 Å². The van der Waals surface area contributed by atoms with Gasteiger partial charge in [0.25, 0.3) is 5.91 Å². The largest absolute Gasteiger partial charge is 0.355 e. The molecule has 1 fully saturated rings. The maximum atomic E-state index is 12.7. The number of hydrogen-bond acceptors (Lipinski definition) is 4. The van der Waals surface area contributed by atoms with Gasteiger partial charge in [0.15, 0.2) is 5.76 Å². The van der Waals surface area contributed by atoms with Gasteiger partial charge in [0.05, 0.1) is 5.39 Å². The number of benzene rings is 2. The highest BCUT2D eigenvalue weighted by atomic mass is 16.5. The second-order valence-electron chi connectivity index (χ2n) is 5.94. The molecular weight excluding hydrogens is 304 g/mol. The van der Waals surface area contributed by atoms with Crippen molar-refractivity contribution in [3.8, 4) is 11.3 Å². The lowest BCUT2D eigenvalue weighted by Crippen LogP contribution is -2.38. The lowest BCUT2D eigenvalue weighted by Gasteiger charge is -2.26. The van der Waals surface area contributed by atoms with Crippen molar-refractivity contribution in [1.29, 1.82) is 0 Å². The summed E-state index contributed by atoms with van der Waals surface area (Å²) in [5.74, 6) is 0.832. The molecule has 0 aliphatic carbocycles. The topological polar surface area (TPSA) is 63.4 Å². The Bertz CT molecular complexity index is 905. The van der Waals surface area contributed by atoms with Gasteiger partial charge in [-0.05, 0) is 18.2 Å². The smallest absolute Gasteiger partial charge is 0.253 e. The zero-order chi connectivity index (χ0) is 16.5. The molecular formula is C19H16N2O3. The van der Waals surface area contributed by atoms with E-state index in [1.165, 1.54) is 0 Å². The molecule has 0 atom stereocenters. The summed E-state index contributed by atoms with van der Waals surface area (Å²) >= 11 is 0. The highest BCUT2D eigenvalue weighted by Crippen LogP contribution is 2.29. The molecule has 0 bridgehead atoms. The van der Waals surface area contributed by atoms with Crippen LogP contribution in [0.5, 0.6) is 0 Å². The molecule has 3 aromatic rings. The first kappa shape index (κ1) is 14.6. The fourth-order valence-corrected chi connectivity index (χ4v) is 3.01. The van der Waals surface area contributed by atoms with E-state index in [2.05, 4.69) is 5.16 Å². The number of aromatic nitrogens is 1. The van der Waals surface area contributed by atoms with E-state index < -0.39 is 0 Å². The van der Waals surface area contributed by atoms with E-state index in [1.54, 1.807) is 17.0 Å². The normalized spacial score (nSPS) is 15.0. The van der Waals surface area contributed by atoms with Gasteiger partial charge in [-0.1, -0.05) is 35.5 Å². The molecule has 0 unspecified atom stereocenters. The minimum atomic E-state index is -0.0513. The van der Waals surface area contributed by atoms with Crippen molar-refractivity contribution >= 4 is 22.6 Å². The van der Waals surface area contributed by atoms with E-state index >= 15 is 0 Å². The van der Waals surface area contributed by atoms with Crippen molar-refractivity contribution in [2.45, 2.75) is 12.8 Å². The standard InChI is InChI=1S/C19H16N2O3/c22-15-8-10-21(11-9-15)19(23)14-6-7-17-16(12-14)18(24-20-17)13-4-2-1-3-5-13/h1-7,12H,8-11H2. The van der Waals surface area contributed by atoms with Crippen LogP contribution < -0.4 is 0 Å². The highest BCUT2D eigenvalue weighted by molar-refractivity contribution is 6.01. The molecule has 0 radical (unpaired) electrons. The maximum absolute atomic E-state index is 12.7. The molecule has 120 valence electrons. The van der Waals surface area contributed by atoms with Crippen molar-refractivity contribution in [3.63, 3.8) is 0 Å². The number of ketones is 1. The number of nitrogens with zero attached hydrogens (tertiary/aromatic N) is 2. The number of hydrogen-bond donors (Lipinski definition) is 0. The number of carbonyl (C=O) groups excluding carboxylic acids is 2. The maximum Gasteiger partial charge on any atom is 0.253 e. The molecule has 24 heavy (non-hydrogen) atoms. The highest BCUT2D eigenvalue weighted by Gasteiger charge is 2.22. The van der Waals surface area contributed by atoms with E-state index in [1.807, 2.05) is 36.4 Å². The molecule has 0 N–H and O–H groups in total. The summed E-state index contributed by atoms with van der Waals surface area (Å²) < 4.78 is 5.48. The zero-order valence-electron chi connectivity index (χ0n) is 13.1. The van der Waals surface area contributed by atoms with E-state index in [0.717, 1.165) is 16.5 Å². The Morgan fingerprint density at radius 3 is 2.54 bits per heavy atom. The third-order valence-corrected chi connectivity index (χ3v) is 4.37. The predicted octanol–water partition coefficient (Wildman–Crippen LogP) is 3.30. The van der Waals surface area contributed by atoms with Crippen LogP contribution in [0.4, 0.5) is 0 Å². The molecule has 5 nitrogen and oxygen atoms in total. The number of amides is 1. The minimum absolute atomic E-state index is 0.0513. The molecule has 1 aliphatic rings. The Morgan fingerprint density at radius 1 is 1.04 bits per heavy atom. The number of carbonyl (C=O) groups is 2. The SMILES string of the molecule is O=C1CCN(C(=O)c2ccc3noc(-c4ccccc4)c3c2)CC1. The third-order valence-electron chi connectivity index (χ3n) is 4.37. The average Bonchev–Trinajstić information content (AvgIpc) is 3.05. The Balaban J connectivity index is 1.70. The Labute approximate surface area is 138 Å². The van der Waals surface area contributed by atoms with E-state index in [9.17, 15) is 9.59 Å². The van der Waals surface area contributed by atoms with Crippen LogP contribution in [0.2, 0.25) is 0 Å². The summed E-state index contributed by atoms with van der Waals surface area (Å²) in [5, 5.41) is 4.89. The number of Topliss-reactive ketones (excluding diaryl/α,β-unsaturated/α-hetero) is 1. The van der Waals surface area contributed by atoms with Crippen molar-refractivity contribution in [3.05, 3.63) is 54.1 Å². The van der Waals surface area contributed by atoms with Gasteiger partial charge in [0.2, 0.25) is 0 Å². The molecule has 2 heterocycles. The molecule has 5 heteroatoms. The van der Waals surface area contributed by atoms with Gasteiger partial charge in [-0.15, -0.1) is 0 Å². The van der Waals surface area contributed by atoms with Gasteiger partial charge in [-0.25, -0.2) is 0 Å². The molecule has 1 amide bonds. The summed E-state index contributed by atoms with van der Waals surface area (Å²) in [6.07, 6.45) is 0.882. The molecule has 2 aromatic carbocycles. The Morgan fingerprint density at radius 2 is 1.79 bits per heavy atom. The van der Waals surface area contributed by atoms with Crippen LogP contribution in [0.15, 0.2) is 53.1 Å². The van der Waals surface area contributed by atoms with Gasteiger partial charge in [-0.2, -0.15) is 0 Å². The summed E-state index contributed by atoms with van der Waals surface area (Å²) in [5.41, 5.74) is 2.24. The van der Waals surface area contributed by atoms with Gasteiger partial charge >= 0.3 is 0 Å². The van der Waals surface area contributed by atoms with Crippen molar-refractivity contribution in [1.82, 2.24) is 10.1 Å². The van der Waals surface area contributed by atoms with Crippen LogP contribution in [-0.4, -0.2) is 34.8 Å². The Kier molecular flexibility index (Phi) is 3.61. The van der Waals surface area contributed by atoms with E-state index in [4.69, 9.17) is 4.52 Å². The van der Waals surface area contributed by atoms with E-state index in [0.29, 0.717) is 37.3 Å². The second-order valence-corrected chi connectivity index (χ2v) is 5.94. The first-order valence-corrected chi connectivity index (χ1v) is 7.98. The van der Waals surface area contributed by atoms with Crippen LogP contribution in [0.25, 0.3) is 22.2 Å². The average molecular weight is 320 g/mol. The molecule has 1 saturated heterocycles. The minimum Gasteiger partial charge on any atom is -0.355 e. The quantitative estimate of drug-likeness (QED) is 0.727. The van der Waals surface area contributed by atoms with Crippen molar-refractivity contribution in [2.24, 2.45) is 0 Å². The lowest BCUT2D eigenvalue weighted by atomic mass is 10.0. The molecule has 1 aromatic heterocycles. The third kappa shape index (κ3) is 2.58. The van der Waals surface area contributed by atoms with Crippen LogP contribution in [0.3, 0.4) is 0 Å². The summed E-state index contributed by atoms with van der Waals surface area (Å²) in [7, 11) is 0. The number of likely N-dealkylation sites (tertiary alicyclic amines) is 1. The van der Waals surface area contributed by atoms with E-state index in [-0.39, 0.29) is 11.7 Å². The van der Waals surface area contributed by atoms with Crippen molar-refractivity contribution in [2.75, 3.05) is 13.1 Å². The van der Waals surface area contributed by atoms with Crippen molar-refractivity contribution < 1.29 is 14.1 Å². The molecule has 0 spiro atoms. The van der Waals surface area contributed by atoms with Crippen LogP contribution in [0, 0.1) is 0 Å². The number of piperidine rings is 1. The molecule has 4 rings (SSSR count). The second kappa shape index (κ2) is 5.92. The number of fused-ring (bicyclic) bond motifs is 1. The van der Waals surface area contributed by atoms with Gasteiger partial charge in [0, 0.05) is 37.1 Å².